The number of hydrogen-bond donors (Lipinski definition) is 1. The topological polar surface area (TPSA) is 54.2 Å². The second kappa shape index (κ2) is 8.98. The molecule has 1 aliphatic heterocycles. The molecular formula is C24H25FN4OS. The Kier molecular flexibility index (Phi) is 6.13. The van der Waals surface area contributed by atoms with Crippen molar-refractivity contribution in [1.82, 2.24) is 20.4 Å². The first-order chi connectivity index (χ1) is 15.0. The lowest BCUT2D eigenvalue weighted by Gasteiger charge is -2.37. The van der Waals surface area contributed by atoms with Gasteiger partial charge in [-0.25, -0.2) is 4.39 Å². The van der Waals surface area contributed by atoms with Gasteiger partial charge in [-0.15, -0.1) is 0 Å². The average molecular weight is 437 g/mol. The molecule has 7 heteroatoms. The summed E-state index contributed by atoms with van der Waals surface area (Å²) in [4.78, 5) is 6.75. The van der Waals surface area contributed by atoms with Crippen LogP contribution in [0.25, 0.3) is 17.0 Å². The van der Waals surface area contributed by atoms with E-state index < -0.39 is 0 Å². The number of aryl methyl sites for hydroxylation is 1. The number of aromatic nitrogens is 2. The summed E-state index contributed by atoms with van der Waals surface area (Å²) in [6, 6.07) is 14.1. The first-order valence-electron chi connectivity index (χ1n) is 10.4. The lowest BCUT2D eigenvalue weighted by Crippen LogP contribution is -2.46. The smallest absolute Gasteiger partial charge is 0.258 e. The Labute approximate surface area is 187 Å². The van der Waals surface area contributed by atoms with Crippen LogP contribution < -0.4 is 5.32 Å². The fraction of sp³-hybridized carbons (Fsp3) is 0.292. The minimum Gasteiger partial charge on any atom is -0.351 e. The molecule has 0 aliphatic carbocycles. The van der Waals surface area contributed by atoms with E-state index in [1.165, 1.54) is 12.1 Å². The van der Waals surface area contributed by atoms with E-state index in [4.69, 9.17) is 21.7 Å². The van der Waals surface area contributed by atoms with Crippen molar-refractivity contribution in [2.75, 3.05) is 6.54 Å². The highest BCUT2D eigenvalue weighted by Gasteiger charge is 2.34. The van der Waals surface area contributed by atoms with Crippen molar-refractivity contribution in [3.8, 4) is 11.4 Å². The van der Waals surface area contributed by atoms with Gasteiger partial charge < -0.3 is 14.7 Å². The van der Waals surface area contributed by atoms with Gasteiger partial charge in [0.15, 0.2) is 5.11 Å². The number of nitrogens with one attached hydrogen (secondary N) is 1. The summed E-state index contributed by atoms with van der Waals surface area (Å²) in [5, 5.41) is 8.19. The highest BCUT2D eigenvalue weighted by molar-refractivity contribution is 7.80. The Morgan fingerprint density at radius 1 is 1.16 bits per heavy atom. The summed E-state index contributed by atoms with van der Waals surface area (Å²) in [7, 11) is 0. The average Bonchev–Trinajstić information content (AvgIpc) is 3.23. The SMILES string of the molecule is CCCCN1C(=S)NC(c2cccc(F)c2)C(c2nc(-c3cccc(C)c3)no2)=C1C. The van der Waals surface area contributed by atoms with Gasteiger partial charge in [0, 0.05) is 17.8 Å². The van der Waals surface area contributed by atoms with Crippen LogP contribution >= 0.6 is 12.2 Å². The van der Waals surface area contributed by atoms with Crippen LogP contribution in [-0.4, -0.2) is 26.7 Å². The number of nitrogens with zero attached hydrogens (tertiary/aromatic N) is 3. The maximum Gasteiger partial charge on any atom is 0.258 e. The Morgan fingerprint density at radius 2 is 1.97 bits per heavy atom. The molecule has 4 rings (SSSR count). The standard InChI is InChI=1S/C24H25FN4OS/c1-4-5-12-29-16(3)20(21(26-24(29)31)17-9-7-11-19(25)14-17)23-27-22(28-30-23)18-10-6-8-15(2)13-18/h6-11,13-14,21H,4-5,12H2,1-3H3,(H,26,31). The van der Waals surface area contributed by atoms with Gasteiger partial charge in [-0.3, -0.25) is 0 Å². The van der Waals surface area contributed by atoms with Gasteiger partial charge in [-0.1, -0.05) is 54.4 Å². The van der Waals surface area contributed by atoms with Crippen LogP contribution in [0.2, 0.25) is 0 Å². The zero-order chi connectivity index (χ0) is 22.0. The van der Waals surface area contributed by atoms with Gasteiger partial charge in [0.05, 0.1) is 11.6 Å². The number of allylic oxidation sites excluding steroid dienone is 1. The first-order valence-corrected chi connectivity index (χ1v) is 10.8. The summed E-state index contributed by atoms with van der Waals surface area (Å²) in [6.45, 7) is 6.95. The molecule has 2 heterocycles. The second-order valence-electron chi connectivity index (χ2n) is 7.73. The highest BCUT2D eigenvalue weighted by Crippen LogP contribution is 2.37. The van der Waals surface area contributed by atoms with E-state index in [9.17, 15) is 4.39 Å². The largest absolute Gasteiger partial charge is 0.351 e. The van der Waals surface area contributed by atoms with Crippen LogP contribution in [0.15, 0.2) is 58.8 Å². The number of benzene rings is 2. The predicted octanol–water partition coefficient (Wildman–Crippen LogP) is 5.65. The van der Waals surface area contributed by atoms with Crippen LogP contribution in [0.5, 0.6) is 0 Å². The zero-order valence-corrected chi connectivity index (χ0v) is 18.7. The Morgan fingerprint density at radius 3 is 2.71 bits per heavy atom. The summed E-state index contributed by atoms with van der Waals surface area (Å²) in [5.74, 6) is 0.617. The quantitative estimate of drug-likeness (QED) is 0.504. The molecule has 1 unspecified atom stereocenters. The fourth-order valence-corrected chi connectivity index (χ4v) is 4.16. The maximum atomic E-state index is 14.0. The predicted molar refractivity (Wildman–Crippen MR) is 124 cm³/mol. The lowest BCUT2D eigenvalue weighted by atomic mass is 9.94. The van der Waals surface area contributed by atoms with Crippen molar-refractivity contribution in [1.29, 1.82) is 0 Å². The van der Waals surface area contributed by atoms with Gasteiger partial charge in [0.2, 0.25) is 5.82 Å². The highest BCUT2D eigenvalue weighted by atomic mass is 32.1. The fourth-order valence-electron chi connectivity index (χ4n) is 3.81. The van der Waals surface area contributed by atoms with Crippen molar-refractivity contribution in [3.63, 3.8) is 0 Å². The number of hydrogen-bond acceptors (Lipinski definition) is 4. The molecule has 0 bridgehead atoms. The molecule has 0 spiro atoms. The Balaban J connectivity index is 1.81. The van der Waals surface area contributed by atoms with E-state index in [1.807, 2.05) is 44.2 Å². The van der Waals surface area contributed by atoms with Crippen molar-refractivity contribution < 1.29 is 8.91 Å². The van der Waals surface area contributed by atoms with Gasteiger partial charge in [0.1, 0.15) is 5.82 Å². The molecule has 160 valence electrons. The molecule has 0 saturated heterocycles. The third kappa shape index (κ3) is 4.37. The van der Waals surface area contributed by atoms with Crippen molar-refractivity contribution in [2.24, 2.45) is 0 Å². The van der Waals surface area contributed by atoms with Crippen LogP contribution in [-0.2, 0) is 0 Å². The van der Waals surface area contributed by atoms with Crippen molar-refractivity contribution >= 4 is 22.9 Å². The lowest BCUT2D eigenvalue weighted by molar-refractivity contribution is 0.395. The molecule has 5 nitrogen and oxygen atoms in total. The molecule has 1 aliphatic rings. The molecule has 2 aromatic carbocycles. The van der Waals surface area contributed by atoms with E-state index in [0.29, 0.717) is 16.8 Å². The number of unbranched alkanes of at least 4 members (excludes halogenated alkanes) is 1. The molecule has 0 saturated carbocycles. The number of rotatable bonds is 6. The maximum absolute atomic E-state index is 14.0. The molecule has 31 heavy (non-hydrogen) atoms. The zero-order valence-electron chi connectivity index (χ0n) is 17.9. The van der Waals surface area contributed by atoms with Gasteiger partial charge in [-0.05, 0) is 56.2 Å². The summed E-state index contributed by atoms with van der Waals surface area (Å²) in [5.41, 5.74) is 4.50. The minimum absolute atomic E-state index is 0.304. The van der Waals surface area contributed by atoms with E-state index >= 15 is 0 Å². The molecule has 0 fully saturated rings. The molecule has 3 aromatic rings. The van der Waals surface area contributed by atoms with Gasteiger partial charge >= 0.3 is 0 Å². The monoisotopic (exact) mass is 436 g/mol. The van der Waals surface area contributed by atoms with Crippen LogP contribution in [0.4, 0.5) is 4.39 Å². The Hall–Kier alpha value is -3.06. The van der Waals surface area contributed by atoms with Crippen LogP contribution in [0.1, 0.15) is 49.7 Å². The Bertz CT molecular complexity index is 1140. The molecular weight excluding hydrogens is 411 g/mol. The first kappa shape index (κ1) is 21.2. The van der Waals surface area contributed by atoms with E-state index in [-0.39, 0.29) is 11.9 Å². The summed E-state index contributed by atoms with van der Waals surface area (Å²) in [6.07, 6.45) is 2.04. The third-order valence-electron chi connectivity index (χ3n) is 5.45. The van der Waals surface area contributed by atoms with Crippen LogP contribution in [0, 0.1) is 12.7 Å². The number of thiocarbonyl (C=S) groups is 1. The van der Waals surface area contributed by atoms with Crippen molar-refractivity contribution in [3.05, 3.63) is 77.1 Å². The summed E-state index contributed by atoms with van der Waals surface area (Å²) < 4.78 is 19.7. The van der Waals surface area contributed by atoms with Gasteiger partial charge in [0.25, 0.3) is 5.89 Å². The van der Waals surface area contributed by atoms with E-state index in [0.717, 1.165) is 47.3 Å². The molecule has 1 N–H and O–H groups in total. The van der Waals surface area contributed by atoms with Crippen molar-refractivity contribution in [2.45, 2.75) is 39.7 Å². The molecule has 1 aromatic heterocycles. The second-order valence-corrected chi connectivity index (χ2v) is 8.12. The summed E-state index contributed by atoms with van der Waals surface area (Å²) >= 11 is 5.65. The normalized spacial score (nSPS) is 16.6. The molecule has 1 atom stereocenters. The molecule has 0 amide bonds. The number of halogens is 1. The van der Waals surface area contributed by atoms with E-state index in [1.54, 1.807) is 6.07 Å². The van der Waals surface area contributed by atoms with Gasteiger partial charge in [-0.2, -0.15) is 4.98 Å². The minimum atomic E-state index is -0.383. The molecule has 0 radical (unpaired) electrons. The van der Waals surface area contributed by atoms with E-state index in [2.05, 4.69) is 22.3 Å². The third-order valence-corrected chi connectivity index (χ3v) is 5.78. The van der Waals surface area contributed by atoms with Crippen LogP contribution in [0.3, 0.4) is 0 Å².